The van der Waals surface area contributed by atoms with Crippen molar-refractivity contribution < 1.29 is 4.42 Å². The summed E-state index contributed by atoms with van der Waals surface area (Å²) >= 11 is 0. The lowest BCUT2D eigenvalue weighted by Gasteiger charge is -2.23. The molecule has 38 heavy (non-hydrogen) atoms. The van der Waals surface area contributed by atoms with Gasteiger partial charge in [0.05, 0.1) is 28.9 Å². The second-order valence-corrected chi connectivity index (χ2v) is 10.3. The largest absolute Gasteiger partial charge is 0.463 e. The molecule has 0 spiro atoms. The van der Waals surface area contributed by atoms with Gasteiger partial charge in [0.2, 0.25) is 0 Å². The van der Waals surface area contributed by atoms with Gasteiger partial charge in [0.25, 0.3) is 0 Å². The standard InChI is InChI=1S/C35H38N2O/c1-7-23-15-13-16-24(8-2)31(23)36-33-27-19-11-12-20-28(27)35-30(29(21-38-35)22(5)6)34(33)37-32-25(9-3)17-14-18-26(32)10-4/h11-22H,7-10H2,1-6H3. The van der Waals surface area contributed by atoms with E-state index in [0.29, 0.717) is 5.92 Å². The molecule has 0 bridgehead atoms. The van der Waals surface area contributed by atoms with Gasteiger partial charge in [0, 0.05) is 16.7 Å². The third-order valence-corrected chi connectivity index (χ3v) is 7.71. The van der Waals surface area contributed by atoms with Gasteiger partial charge in [-0.25, -0.2) is 9.98 Å². The molecule has 0 unspecified atom stereocenters. The Labute approximate surface area is 227 Å². The van der Waals surface area contributed by atoms with Crippen molar-refractivity contribution in [2.45, 2.75) is 73.1 Å². The third kappa shape index (κ3) is 4.45. The van der Waals surface area contributed by atoms with Crippen LogP contribution in [0.25, 0.3) is 11.3 Å². The lowest BCUT2D eigenvalue weighted by atomic mass is 9.83. The smallest absolute Gasteiger partial charge is 0.144 e. The number of benzene rings is 3. The number of hydrogen-bond acceptors (Lipinski definition) is 3. The lowest BCUT2D eigenvalue weighted by Crippen LogP contribution is -2.24. The molecule has 4 aromatic rings. The first-order valence-electron chi connectivity index (χ1n) is 14.1. The normalized spacial score (nSPS) is 14.8. The Morgan fingerprint density at radius 3 is 1.55 bits per heavy atom. The number of aryl methyl sites for hydroxylation is 4. The molecule has 5 rings (SSSR count). The average molecular weight is 503 g/mol. The van der Waals surface area contributed by atoms with Crippen LogP contribution in [0.5, 0.6) is 0 Å². The summed E-state index contributed by atoms with van der Waals surface area (Å²) in [6.45, 7) is 13.3. The SMILES string of the molecule is CCc1cccc(CC)c1N=C1C(=Nc2c(CC)cccc2CC)c2c(C(C)C)coc2-c2ccccc21. The average Bonchev–Trinajstić information content (AvgIpc) is 3.40. The molecule has 1 heterocycles. The van der Waals surface area contributed by atoms with Gasteiger partial charge in [-0.1, -0.05) is 102 Å². The van der Waals surface area contributed by atoms with Crippen molar-refractivity contribution >= 4 is 22.8 Å². The Hall–Kier alpha value is -3.72. The zero-order valence-electron chi connectivity index (χ0n) is 23.6. The van der Waals surface area contributed by atoms with Crippen molar-refractivity contribution in [2.75, 3.05) is 0 Å². The Bertz CT molecular complexity index is 1490. The predicted octanol–water partition coefficient (Wildman–Crippen LogP) is 9.57. The highest BCUT2D eigenvalue weighted by Gasteiger charge is 2.33. The monoisotopic (exact) mass is 502 g/mol. The molecular weight excluding hydrogens is 464 g/mol. The van der Waals surface area contributed by atoms with E-state index in [1.54, 1.807) is 0 Å². The second kappa shape index (κ2) is 10.9. The van der Waals surface area contributed by atoms with Crippen LogP contribution >= 0.6 is 0 Å². The molecule has 3 nitrogen and oxygen atoms in total. The van der Waals surface area contributed by atoms with Crippen molar-refractivity contribution in [3.05, 3.63) is 106 Å². The zero-order valence-corrected chi connectivity index (χ0v) is 23.6. The van der Waals surface area contributed by atoms with E-state index in [0.717, 1.165) is 70.9 Å². The fourth-order valence-electron chi connectivity index (χ4n) is 5.54. The van der Waals surface area contributed by atoms with E-state index < -0.39 is 0 Å². The van der Waals surface area contributed by atoms with E-state index in [2.05, 4.69) is 102 Å². The summed E-state index contributed by atoms with van der Waals surface area (Å²) in [5.74, 6) is 1.19. The number of aliphatic imine (C=N–C) groups is 2. The molecule has 3 aromatic carbocycles. The van der Waals surface area contributed by atoms with Crippen molar-refractivity contribution in [1.29, 1.82) is 0 Å². The minimum atomic E-state index is 0.292. The Balaban J connectivity index is 1.92. The molecule has 0 N–H and O–H groups in total. The first-order chi connectivity index (χ1) is 18.5. The second-order valence-electron chi connectivity index (χ2n) is 10.3. The van der Waals surface area contributed by atoms with Gasteiger partial charge < -0.3 is 4.42 Å². The van der Waals surface area contributed by atoms with Gasteiger partial charge in [0.15, 0.2) is 0 Å². The molecule has 1 aliphatic rings. The number of furan rings is 1. The molecule has 0 atom stereocenters. The topological polar surface area (TPSA) is 37.9 Å². The maximum atomic E-state index is 6.31. The highest BCUT2D eigenvalue weighted by molar-refractivity contribution is 6.57. The van der Waals surface area contributed by atoms with Gasteiger partial charge in [-0.05, 0) is 53.9 Å². The number of nitrogens with zero attached hydrogens (tertiary/aromatic N) is 2. The Kier molecular flexibility index (Phi) is 7.46. The first-order valence-corrected chi connectivity index (χ1v) is 14.1. The van der Waals surface area contributed by atoms with Crippen LogP contribution in [0.15, 0.2) is 81.3 Å². The van der Waals surface area contributed by atoms with E-state index in [9.17, 15) is 0 Å². The summed E-state index contributed by atoms with van der Waals surface area (Å²) in [5, 5.41) is 0. The van der Waals surface area contributed by atoms with Crippen molar-refractivity contribution in [3.8, 4) is 11.3 Å². The van der Waals surface area contributed by atoms with Crippen LogP contribution in [-0.2, 0) is 25.7 Å². The highest BCUT2D eigenvalue weighted by atomic mass is 16.3. The highest BCUT2D eigenvalue weighted by Crippen LogP contribution is 2.42. The zero-order chi connectivity index (χ0) is 26.8. The van der Waals surface area contributed by atoms with Crippen LogP contribution in [0.2, 0.25) is 0 Å². The van der Waals surface area contributed by atoms with Crippen LogP contribution in [-0.4, -0.2) is 11.4 Å². The maximum Gasteiger partial charge on any atom is 0.144 e. The summed E-state index contributed by atoms with van der Waals surface area (Å²) in [4.78, 5) is 11.0. The minimum Gasteiger partial charge on any atom is -0.463 e. The Morgan fingerprint density at radius 1 is 0.605 bits per heavy atom. The molecule has 1 aromatic heterocycles. The van der Waals surface area contributed by atoms with Gasteiger partial charge in [-0.3, -0.25) is 0 Å². The van der Waals surface area contributed by atoms with E-state index in [-0.39, 0.29) is 0 Å². The molecule has 0 fully saturated rings. The number of rotatable bonds is 7. The van der Waals surface area contributed by atoms with Crippen LogP contribution < -0.4 is 0 Å². The first kappa shape index (κ1) is 25.9. The minimum absolute atomic E-state index is 0.292. The number of para-hydroxylation sites is 2. The summed E-state index contributed by atoms with van der Waals surface area (Å²) in [7, 11) is 0. The van der Waals surface area contributed by atoms with Gasteiger partial charge in [-0.15, -0.1) is 0 Å². The van der Waals surface area contributed by atoms with Gasteiger partial charge in [-0.2, -0.15) is 0 Å². The van der Waals surface area contributed by atoms with E-state index >= 15 is 0 Å². The molecule has 1 aliphatic carbocycles. The number of fused-ring (bicyclic) bond motifs is 3. The van der Waals surface area contributed by atoms with Gasteiger partial charge in [0.1, 0.15) is 11.5 Å². The summed E-state index contributed by atoms with van der Waals surface area (Å²) in [6.07, 6.45) is 5.64. The van der Waals surface area contributed by atoms with Crippen LogP contribution in [0.1, 0.15) is 86.4 Å². The van der Waals surface area contributed by atoms with E-state index in [4.69, 9.17) is 14.4 Å². The molecule has 3 heteroatoms. The molecule has 0 radical (unpaired) electrons. The summed E-state index contributed by atoms with van der Waals surface area (Å²) in [5.41, 5.74) is 13.4. The molecule has 0 saturated carbocycles. The van der Waals surface area contributed by atoms with E-state index in [1.165, 1.54) is 27.8 Å². The number of hydrogen-bond donors (Lipinski definition) is 0. The maximum absolute atomic E-state index is 6.31. The fourth-order valence-corrected chi connectivity index (χ4v) is 5.54. The fraction of sp³-hybridized carbons (Fsp3) is 0.314. The van der Waals surface area contributed by atoms with E-state index in [1.807, 2.05) is 6.26 Å². The van der Waals surface area contributed by atoms with Crippen LogP contribution in [0.4, 0.5) is 11.4 Å². The quantitative estimate of drug-likeness (QED) is 0.248. The molecule has 194 valence electrons. The summed E-state index contributed by atoms with van der Waals surface area (Å²) < 4.78 is 6.31. The Morgan fingerprint density at radius 2 is 1.08 bits per heavy atom. The van der Waals surface area contributed by atoms with Crippen LogP contribution in [0, 0.1) is 0 Å². The molecule has 0 saturated heterocycles. The van der Waals surface area contributed by atoms with Crippen molar-refractivity contribution in [1.82, 2.24) is 0 Å². The van der Waals surface area contributed by atoms with Crippen molar-refractivity contribution in [3.63, 3.8) is 0 Å². The van der Waals surface area contributed by atoms with Crippen LogP contribution in [0.3, 0.4) is 0 Å². The molecule has 0 aliphatic heterocycles. The third-order valence-electron chi connectivity index (χ3n) is 7.71. The van der Waals surface area contributed by atoms with Crippen molar-refractivity contribution in [2.24, 2.45) is 9.98 Å². The predicted molar refractivity (Wildman–Crippen MR) is 161 cm³/mol. The molecule has 0 amide bonds. The van der Waals surface area contributed by atoms with Gasteiger partial charge >= 0.3 is 0 Å². The summed E-state index contributed by atoms with van der Waals surface area (Å²) in [6, 6.07) is 21.6. The lowest BCUT2D eigenvalue weighted by molar-refractivity contribution is 0.575. The molecular formula is C35H38N2O.